The molecule has 0 spiro atoms. The number of nitrogens with two attached hydrogens (primary N) is 1. The molecule has 2 amide bonds. The van der Waals surface area contributed by atoms with Crippen LogP contribution >= 0.6 is 11.6 Å². The maximum atomic E-state index is 13.1. The van der Waals surface area contributed by atoms with Crippen molar-refractivity contribution in [1.82, 2.24) is 4.57 Å². The molecule has 156 valence electrons. The van der Waals surface area contributed by atoms with Gasteiger partial charge in [-0.05, 0) is 43.7 Å². The van der Waals surface area contributed by atoms with Gasteiger partial charge in [0.15, 0.2) is 0 Å². The fourth-order valence-corrected chi connectivity index (χ4v) is 3.37. The van der Waals surface area contributed by atoms with Crippen LogP contribution in [0.25, 0.3) is 10.8 Å². The van der Waals surface area contributed by atoms with Crippen LogP contribution in [-0.4, -0.2) is 16.4 Å². The van der Waals surface area contributed by atoms with Crippen LogP contribution in [0.5, 0.6) is 0 Å². The lowest BCUT2D eigenvalue weighted by molar-refractivity contribution is -0.120. The number of fused-ring (bicyclic) bond motifs is 1. The molecule has 6 nitrogen and oxygen atoms in total. The zero-order valence-electron chi connectivity index (χ0n) is 16.5. The maximum Gasteiger partial charge on any atom is 0.259 e. The number of carbonyl (C=O) groups excluding carboxylic acids is 2. The molecule has 0 aliphatic heterocycles. The lowest BCUT2D eigenvalue weighted by Crippen LogP contribution is -2.31. The van der Waals surface area contributed by atoms with Crippen LogP contribution in [0.15, 0.2) is 53.5 Å². The summed E-state index contributed by atoms with van der Waals surface area (Å²) in [5, 5.41) is 4.03. The van der Waals surface area contributed by atoms with E-state index < -0.39 is 24.5 Å². The zero-order valence-corrected chi connectivity index (χ0v) is 17.2. The number of nitrogens with zero attached hydrogens (tertiary/aromatic N) is 1. The Morgan fingerprint density at radius 1 is 1.17 bits per heavy atom. The molecule has 1 heterocycles. The van der Waals surface area contributed by atoms with Gasteiger partial charge in [0.05, 0.1) is 5.92 Å². The largest absolute Gasteiger partial charge is 0.368 e. The molecule has 0 radical (unpaired) electrons. The van der Waals surface area contributed by atoms with Gasteiger partial charge in [0.2, 0.25) is 11.8 Å². The van der Waals surface area contributed by atoms with Gasteiger partial charge in [-0.3, -0.25) is 14.4 Å². The summed E-state index contributed by atoms with van der Waals surface area (Å²) in [6.07, 6.45) is 1.48. The van der Waals surface area contributed by atoms with Gasteiger partial charge in [0, 0.05) is 33.2 Å². The average Bonchev–Trinajstić information content (AvgIpc) is 2.73. The van der Waals surface area contributed by atoms with E-state index in [-0.39, 0.29) is 11.5 Å². The van der Waals surface area contributed by atoms with E-state index in [9.17, 15) is 18.8 Å². The first-order valence-electron chi connectivity index (χ1n) is 9.33. The molecule has 0 fully saturated rings. The Labute approximate surface area is 177 Å². The Morgan fingerprint density at radius 2 is 1.90 bits per heavy atom. The fourth-order valence-electron chi connectivity index (χ4n) is 3.20. The molecule has 2 unspecified atom stereocenters. The van der Waals surface area contributed by atoms with Crippen molar-refractivity contribution >= 4 is 39.9 Å². The van der Waals surface area contributed by atoms with Gasteiger partial charge in [-0.25, -0.2) is 4.39 Å². The van der Waals surface area contributed by atoms with Crippen molar-refractivity contribution < 1.29 is 14.0 Å². The third-order valence-electron chi connectivity index (χ3n) is 5.17. The predicted molar refractivity (Wildman–Crippen MR) is 115 cm³/mol. The van der Waals surface area contributed by atoms with Crippen LogP contribution in [-0.2, 0) is 16.3 Å². The van der Waals surface area contributed by atoms with E-state index in [0.717, 1.165) is 0 Å². The van der Waals surface area contributed by atoms with E-state index in [1.54, 1.807) is 56.3 Å². The van der Waals surface area contributed by atoms with Crippen LogP contribution < -0.4 is 16.6 Å². The third-order valence-corrected chi connectivity index (χ3v) is 5.54. The first-order valence-corrected chi connectivity index (χ1v) is 9.70. The minimum absolute atomic E-state index is 0.310. The van der Waals surface area contributed by atoms with Gasteiger partial charge in [0.1, 0.15) is 12.7 Å². The van der Waals surface area contributed by atoms with Crippen molar-refractivity contribution in [2.24, 2.45) is 5.73 Å². The maximum absolute atomic E-state index is 13.1. The summed E-state index contributed by atoms with van der Waals surface area (Å²) in [6, 6.07) is 10.6. The van der Waals surface area contributed by atoms with Crippen molar-refractivity contribution in [1.29, 1.82) is 0 Å². The number of aromatic nitrogens is 1. The second-order valence-corrected chi connectivity index (χ2v) is 7.48. The van der Waals surface area contributed by atoms with Crippen LogP contribution in [0.1, 0.15) is 36.9 Å². The SMILES string of the molecule is CC(C(=O)Nc1cccc2c(=O)n(C(C)C(N)=O)ccc12)c1ccc(Cl)c(CF)c1. The van der Waals surface area contributed by atoms with Gasteiger partial charge >= 0.3 is 0 Å². The third kappa shape index (κ3) is 4.07. The van der Waals surface area contributed by atoms with Crippen LogP contribution in [0.4, 0.5) is 10.1 Å². The summed E-state index contributed by atoms with van der Waals surface area (Å²) < 4.78 is 14.3. The second kappa shape index (κ2) is 8.67. The van der Waals surface area contributed by atoms with Gasteiger partial charge in [0.25, 0.3) is 5.56 Å². The second-order valence-electron chi connectivity index (χ2n) is 7.07. The van der Waals surface area contributed by atoms with Crippen LogP contribution in [0, 0.1) is 0 Å². The molecule has 30 heavy (non-hydrogen) atoms. The number of alkyl halides is 1. The van der Waals surface area contributed by atoms with Crippen molar-refractivity contribution in [3.05, 3.63) is 75.2 Å². The van der Waals surface area contributed by atoms with Gasteiger partial charge in [-0.15, -0.1) is 0 Å². The highest BCUT2D eigenvalue weighted by atomic mass is 35.5. The molecular formula is C22H21ClFN3O3. The first-order chi connectivity index (χ1) is 14.2. The van der Waals surface area contributed by atoms with Crippen molar-refractivity contribution in [2.45, 2.75) is 32.5 Å². The number of anilines is 1. The molecule has 2 atom stereocenters. The van der Waals surface area contributed by atoms with E-state index in [0.29, 0.717) is 32.6 Å². The molecular weight excluding hydrogens is 409 g/mol. The highest BCUT2D eigenvalue weighted by molar-refractivity contribution is 6.31. The summed E-state index contributed by atoms with van der Waals surface area (Å²) in [5.41, 5.74) is 6.33. The number of amides is 2. The van der Waals surface area contributed by atoms with E-state index in [1.807, 2.05) is 0 Å². The summed E-state index contributed by atoms with van der Waals surface area (Å²) in [6.45, 7) is 2.52. The standard InChI is InChI=1S/C22H21ClFN3O3/c1-12(14-6-7-18(23)15(10-14)11-24)21(29)26-19-5-3-4-17-16(19)8-9-27(22(17)30)13(2)20(25)28/h3-10,12-13H,11H2,1-2H3,(H2,25,28)(H,26,29). The van der Waals surface area contributed by atoms with E-state index in [4.69, 9.17) is 17.3 Å². The Hall–Kier alpha value is -3.19. The number of carbonyl (C=O) groups is 2. The molecule has 3 N–H and O–H groups in total. The summed E-state index contributed by atoms with van der Waals surface area (Å²) in [4.78, 5) is 37.0. The smallest absolute Gasteiger partial charge is 0.259 e. The van der Waals surface area contributed by atoms with Gasteiger partial charge in [-0.1, -0.05) is 29.8 Å². The number of hydrogen-bond donors (Lipinski definition) is 2. The molecule has 1 aromatic heterocycles. The van der Waals surface area contributed by atoms with Crippen molar-refractivity contribution in [2.75, 3.05) is 5.32 Å². The number of primary amides is 1. The van der Waals surface area contributed by atoms with E-state index in [1.165, 1.54) is 10.8 Å². The fraction of sp³-hybridized carbons (Fsp3) is 0.227. The summed E-state index contributed by atoms with van der Waals surface area (Å²) >= 11 is 5.94. The Balaban J connectivity index is 1.94. The highest BCUT2D eigenvalue weighted by Crippen LogP contribution is 2.26. The average molecular weight is 430 g/mol. The van der Waals surface area contributed by atoms with Crippen molar-refractivity contribution in [3.63, 3.8) is 0 Å². The molecule has 0 bridgehead atoms. The van der Waals surface area contributed by atoms with Crippen LogP contribution in [0.3, 0.4) is 0 Å². The van der Waals surface area contributed by atoms with Gasteiger partial charge in [-0.2, -0.15) is 0 Å². The minimum atomic E-state index is -0.797. The topological polar surface area (TPSA) is 94.2 Å². The molecule has 3 aromatic rings. The number of hydrogen-bond acceptors (Lipinski definition) is 3. The predicted octanol–water partition coefficient (Wildman–Crippen LogP) is 3.91. The zero-order chi connectivity index (χ0) is 22.0. The van der Waals surface area contributed by atoms with Gasteiger partial charge < -0.3 is 15.6 Å². The minimum Gasteiger partial charge on any atom is -0.368 e. The number of benzene rings is 2. The first kappa shape index (κ1) is 21.5. The number of rotatable bonds is 6. The van der Waals surface area contributed by atoms with Crippen molar-refractivity contribution in [3.8, 4) is 0 Å². The highest BCUT2D eigenvalue weighted by Gasteiger charge is 2.19. The van der Waals surface area contributed by atoms with Crippen LogP contribution in [0.2, 0.25) is 5.02 Å². The number of nitrogens with one attached hydrogen (secondary N) is 1. The Kier molecular flexibility index (Phi) is 6.22. The monoisotopic (exact) mass is 429 g/mol. The summed E-state index contributed by atoms with van der Waals surface area (Å²) in [7, 11) is 0. The molecule has 0 saturated carbocycles. The quantitative estimate of drug-likeness (QED) is 0.621. The molecule has 0 saturated heterocycles. The lowest BCUT2D eigenvalue weighted by Gasteiger charge is -2.16. The molecule has 3 rings (SSSR count). The Morgan fingerprint density at radius 3 is 2.57 bits per heavy atom. The normalized spacial score (nSPS) is 13.1. The molecule has 8 heteroatoms. The van der Waals surface area contributed by atoms with E-state index in [2.05, 4.69) is 5.32 Å². The molecule has 0 aliphatic rings. The lowest BCUT2D eigenvalue weighted by atomic mass is 9.98. The molecule has 2 aromatic carbocycles. The van der Waals surface area contributed by atoms with E-state index >= 15 is 0 Å². The Bertz CT molecular complexity index is 1190. The number of pyridine rings is 1. The number of halogens is 2. The molecule has 0 aliphatic carbocycles. The summed E-state index contributed by atoms with van der Waals surface area (Å²) in [5.74, 6) is -1.51.